The second-order valence-electron chi connectivity index (χ2n) is 6.71. The third-order valence-electron chi connectivity index (χ3n) is 4.65. The molecule has 1 aromatic carbocycles. The fraction of sp³-hybridized carbons (Fsp3) is 0.450. The standard InChI is InChI=1S/C20H26N4O/c1-3-10-21-19(25)17-5-4-11-24(14-17)20-22-12-18(13-23-20)16-8-6-15(2)7-9-16/h6-9,12-13,17H,3-5,10-11,14H2,1-2H3,(H,21,25)/t17-/m0/s1. The Morgan fingerprint density at radius 1 is 1.20 bits per heavy atom. The zero-order chi connectivity index (χ0) is 17.6. The van der Waals surface area contributed by atoms with Gasteiger partial charge in [0.15, 0.2) is 0 Å². The van der Waals surface area contributed by atoms with Crippen LogP contribution in [0.15, 0.2) is 36.7 Å². The molecule has 0 unspecified atom stereocenters. The third-order valence-corrected chi connectivity index (χ3v) is 4.65. The van der Waals surface area contributed by atoms with Crippen molar-refractivity contribution in [3.05, 3.63) is 42.2 Å². The van der Waals surface area contributed by atoms with Crippen molar-refractivity contribution in [2.24, 2.45) is 5.92 Å². The predicted octanol–water partition coefficient (Wildman–Crippen LogP) is 3.19. The number of aryl methyl sites for hydroxylation is 1. The van der Waals surface area contributed by atoms with Crippen LogP contribution in [0.25, 0.3) is 11.1 Å². The monoisotopic (exact) mass is 338 g/mol. The average Bonchev–Trinajstić information content (AvgIpc) is 2.67. The van der Waals surface area contributed by atoms with Gasteiger partial charge in [-0.2, -0.15) is 0 Å². The normalized spacial score (nSPS) is 17.4. The van der Waals surface area contributed by atoms with Crippen molar-refractivity contribution in [1.82, 2.24) is 15.3 Å². The van der Waals surface area contributed by atoms with Gasteiger partial charge >= 0.3 is 0 Å². The van der Waals surface area contributed by atoms with Crippen LogP contribution in [0.1, 0.15) is 31.7 Å². The Bertz CT molecular complexity index is 697. The number of anilines is 1. The molecule has 132 valence electrons. The largest absolute Gasteiger partial charge is 0.356 e. The molecule has 0 spiro atoms. The van der Waals surface area contributed by atoms with Crippen LogP contribution in [0.4, 0.5) is 5.95 Å². The third kappa shape index (κ3) is 4.35. The first kappa shape index (κ1) is 17.4. The van der Waals surface area contributed by atoms with Crippen molar-refractivity contribution in [1.29, 1.82) is 0 Å². The number of benzene rings is 1. The Morgan fingerprint density at radius 2 is 1.92 bits per heavy atom. The molecule has 5 nitrogen and oxygen atoms in total. The highest BCUT2D eigenvalue weighted by Gasteiger charge is 2.26. The lowest BCUT2D eigenvalue weighted by atomic mass is 9.97. The van der Waals surface area contributed by atoms with Crippen molar-refractivity contribution in [3.8, 4) is 11.1 Å². The molecule has 1 aliphatic heterocycles. The van der Waals surface area contributed by atoms with E-state index in [1.165, 1.54) is 5.56 Å². The Kier molecular flexibility index (Phi) is 5.64. The fourth-order valence-electron chi connectivity index (χ4n) is 3.14. The van der Waals surface area contributed by atoms with Gasteiger partial charge < -0.3 is 10.2 Å². The first-order valence-corrected chi connectivity index (χ1v) is 9.09. The molecule has 2 aromatic rings. The molecule has 3 rings (SSSR count). The van der Waals surface area contributed by atoms with Gasteiger partial charge in [0.2, 0.25) is 11.9 Å². The number of hydrogen-bond acceptors (Lipinski definition) is 4. The van der Waals surface area contributed by atoms with Crippen molar-refractivity contribution in [2.75, 3.05) is 24.5 Å². The lowest BCUT2D eigenvalue weighted by molar-refractivity contribution is -0.125. The number of aromatic nitrogens is 2. The molecule has 0 saturated carbocycles. The summed E-state index contributed by atoms with van der Waals surface area (Å²) in [6, 6.07) is 8.35. The Morgan fingerprint density at radius 3 is 2.60 bits per heavy atom. The lowest BCUT2D eigenvalue weighted by Crippen LogP contribution is -2.43. The number of piperidine rings is 1. The van der Waals surface area contributed by atoms with Crippen LogP contribution in [-0.4, -0.2) is 35.5 Å². The molecule has 1 N–H and O–H groups in total. The Balaban J connectivity index is 1.67. The molecule has 0 aliphatic carbocycles. The van der Waals surface area contributed by atoms with Crippen molar-refractivity contribution in [2.45, 2.75) is 33.1 Å². The van der Waals surface area contributed by atoms with Crippen molar-refractivity contribution in [3.63, 3.8) is 0 Å². The molecule has 1 saturated heterocycles. The van der Waals surface area contributed by atoms with Gasteiger partial charge in [0, 0.05) is 37.6 Å². The molecular formula is C20H26N4O. The lowest BCUT2D eigenvalue weighted by Gasteiger charge is -2.32. The van der Waals surface area contributed by atoms with Gasteiger partial charge in [0.25, 0.3) is 0 Å². The summed E-state index contributed by atoms with van der Waals surface area (Å²) < 4.78 is 0. The summed E-state index contributed by atoms with van der Waals surface area (Å²) in [6.45, 7) is 6.49. The van der Waals surface area contributed by atoms with Crippen LogP contribution in [0.5, 0.6) is 0 Å². The minimum Gasteiger partial charge on any atom is -0.356 e. The second-order valence-corrected chi connectivity index (χ2v) is 6.71. The zero-order valence-electron chi connectivity index (χ0n) is 15.0. The summed E-state index contributed by atoms with van der Waals surface area (Å²) in [5.74, 6) is 0.896. The number of rotatable bonds is 5. The first-order chi connectivity index (χ1) is 12.2. The average molecular weight is 338 g/mol. The molecule has 1 aliphatic rings. The summed E-state index contributed by atoms with van der Waals surface area (Å²) in [5, 5.41) is 3.00. The molecular weight excluding hydrogens is 312 g/mol. The molecule has 0 bridgehead atoms. The fourth-order valence-corrected chi connectivity index (χ4v) is 3.14. The van der Waals surface area contributed by atoms with Gasteiger partial charge in [-0.15, -0.1) is 0 Å². The number of nitrogens with zero attached hydrogens (tertiary/aromatic N) is 3. The first-order valence-electron chi connectivity index (χ1n) is 9.09. The molecule has 0 radical (unpaired) electrons. The summed E-state index contributed by atoms with van der Waals surface area (Å²) >= 11 is 0. The van der Waals surface area contributed by atoms with Crippen LogP contribution in [0.3, 0.4) is 0 Å². The Labute approximate surface area is 149 Å². The topological polar surface area (TPSA) is 58.1 Å². The molecule has 2 heterocycles. The Hall–Kier alpha value is -2.43. The summed E-state index contributed by atoms with van der Waals surface area (Å²) in [7, 11) is 0. The maximum absolute atomic E-state index is 12.2. The molecule has 5 heteroatoms. The number of nitrogens with one attached hydrogen (secondary N) is 1. The van der Waals surface area contributed by atoms with Gasteiger partial charge in [0.1, 0.15) is 0 Å². The minimum atomic E-state index is 0.0284. The molecule has 1 fully saturated rings. The van der Waals surface area contributed by atoms with E-state index in [0.29, 0.717) is 12.5 Å². The van der Waals surface area contributed by atoms with E-state index in [0.717, 1.165) is 43.5 Å². The van der Waals surface area contributed by atoms with Crippen molar-refractivity contribution < 1.29 is 4.79 Å². The van der Waals surface area contributed by atoms with Gasteiger partial charge in [-0.05, 0) is 31.7 Å². The van der Waals surface area contributed by atoms with Crippen LogP contribution in [0, 0.1) is 12.8 Å². The van der Waals surface area contributed by atoms with E-state index in [9.17, 15) is 4.79 Å². The molecule has 1 amide bonds. The minimum absolute atomic E-state index is 0.0284. The van der Waals surface area contributed by atoms with E-state index < -0.39 is 0 Å². The van der Waals surface area contributed by atoms with Crippen LogP contribution in [0.2, 0.25) is 0 Å². The maximum Gasteiger partial charge on any atom is 0.225 e. The van der Waals surface area contributed by atoms with E-state index >= 15 is 0 Å². The molecule has 25 heavy (non-hydrogen) atoms. The smallest absolute Gasteiger partial charge is 0.225 e. The van der Waals surface area contributed by atoms with Crippen LogP contribution in [-0.2, 0) is 4.79 Å². The van der Waals surface area contributed by atoms with E-state index in [4.69, 9.17) is 0 Å². The maximum atomic E-state index is 12.2. The van der Waals surface area contributed by atoms with Crippen LogP contribution < -0.4 is 10.2 Å². The van der Waals surface area contributed by atoms with Crippen molar-refractivity contribution >= 4 is 11.9 Å². The highest BCUT2D eigenvalue weighted by Crippen LogP contribution is 2.23. The van der Waals surface area contributed by atoms with Gasteiger partial charge in [-0.25, -0.2) is 9.97 Å². The van der Waals surface area contributed by atoms with E-state index in [2.05, 4.69) is 58.3 Å². The summed E-state index contributed by atoms with van der Waals surface area (Å²) in [4.78, 5) is 23.4. The summed E-state index contributed by atoms with van der Waals surface area (Å²) in [6.07, 6.45) is 6.63. The van der Waals surface area contributed by atoms with Gasteiger partial charge in [-0.1, -0.05) is 36.8 Å². The second kappa shape index (κ2) is 8.10. The van der Waals surface area contributed by atoms with Crippen LogP contribution >= 0.6 is 0 Å². The van der Waals surface area contributed by atoms with E-state index in [1.807, 2.05) is 12.4 Å². The van der Waals surface area contributed by atoms with E-state index in [1.54, 1.807) is 0 Å². The van der Waals surface area contributed by atoms with E-state index in [-0.39, 0.29) is 11.8 Å². The quantitative estimate of drug-likeness (QED) is 0.909. The summed E-state index contributed by atoms with van der Waals surface area (Å²) in [5.41, 5.74) is 3.37. The number of hydrogen-bond donors (Lipinski definition) is 1. The number of carbonyl (C=O) groups excluding carboxylic acids is 1. The number of carbonyl (C=O) groups is 1. The predicted molar refractivity (Wildman–Crippen MR) is 100 cm³/mol. The SMILES string of the molecule is CCCNC(=O)[C@H]1CCCN(c2ncc(-c3ccc(C)cc3)cn2)C1. The van der Waals surface area contributed by atoms with Gasteiger partial charge in [0.05, 0.1) is 5.92 Å². The highest BCUT2D eigenvalue weighted by atomic mass is 16.1. The molecule has 1 atom stereocenters. The highest BCUT2D eigenvalue weighted by molar-refractivity contribution is 5.79. The molecule has 1 aromatic heterocycles. The van der Waals surface area contributed by atoms with Gasteiger partial charge in [-0.3, -0.25) is 4.79 Å². The zero-order valence-corrected chi connectivity index (χ0v) is 15.0. The number of amides is 1.